The Morgan fingerprint density at radius 3 is 1.95 bits per heavy atom. The van der Waals surface area contributed by atoms with E-state index < -0.39 is 34.3 Å². The van der Waals surface area contributed by atoms with Crippen molar-refractivity contribution in [1.82, 2.24) is 10.2 Å². The molecule has 7 nitrogen and oxygen atoms in total. The van der Waals surface area contributed by atoms with Crippen molar-refractivity contribution in [2.75, 3.05) is 17.4 Å². The maximum Gasteiger partial charge on any atom is 0.264 e. The van der Waals surface area contributed by atoms with E-state index in [0.717, 1.165) is 9.87 Å². The standard InChI is InChI=1S/C33H34FN3O4S/c1-2-22-35-33(39)31(23-26-12-6-3-7-13-26)36(24-27-18-20-28(34)21-19-27)32(38)25-37(29-14-8-4-9-15-29)42(40,41)30-16-10-5-11-17-30/h3-21,31H,2,22-25H2,1H3,(H,35,39)/t31-/m1/s1. The van der Waals surface area contributed by atoms with Gasteiger partial charge in [0, 0.05) is 19.5 Å². The van der Waals surface area contributed by atoms with E-state index >= 15 is 0 Å². The molecule has 0 heterocycles. The van der Waals surface area contributed by atoms with Crippen LogP contribution in [0.15, 0.2) is 120 Å². The Kier molecular flexibility index (Phi) is 10.4. The molecule has 0 fully saturated rings. The molecule has 0 aromatic heterocycles. The zero-order valence-electron chi connectivity index (χ0n) is 23.4. The maximum atomic E-state index is 14.3. The van der Waals surface area contributed by atoms with Gasteiger partial charge in [0.05, 0.1) is 10.6 Å². The number of benzene rings is 4. The van der Waals surface area contributed by atoms with Crippen LogP contribution in [0.2, 0.25) is 0 Å². The monoisotopic (exact) mass is 587 g/mol. The highest BCUT2D eigenvalue weighted by atomic mass is 32.2. The quantitative estimate of drug-likeness (QED) is 0.233. The van der Waals surface area contributed by atoms with Gasteiger partial charge in [-0.3, -0.25) is 13.9 Å². The molecule has 0 aliphatic rings. The van der Waals surface area contributed by atoms with Crippen molar-refractivity contribution >= 4 is 27.5 Å². The van der Waals surface area contributed by atoms with Gasteiger partial charge in [-0.1, -0.05) is 85.8 Å². The summed E-state index contributed by atoms with van der Waals surface area (Å²) in [5.74, 6) is -1.36. The number of halogens is 1. The lowest BCUT2D eigenvalue weighted by molar-refractivity contribution is -0.140. The van der Waals surface area contributed by atoms with E-state index in [0.29, 0.717) is 24.2 Å². The van der Waals surface area contributed by atoms with Gasteiger partial charge in [-0.25, -0.2) is 12.8 Å². The molecule has 9 heteroatoms. The number of hydrogen-bond donors (Lipinski definition) is 1. The summed E-state index contributed by atoms with van der Waals surface area (Å²) in [7, 11) is -4.14. The topological polar surface area (TPSA) is 86.8 Å². The third-order valence-electron chi connectivity index (χ3n) is 6.74. The molecule has 0 saturated carbocycles. The predicted molar refractivity (Wildman–Crippen MR) is 162 cm³/mol. The fraction of sp³-hybridized carbons (Fsp3) is 0.212. The number of rotatable bonds is 13. The Labute approximate surface area is 246 Å². The lowest BCUT2D eigenvalue weighted by Gasteiger charge is -2.34. The van der Waals surface area contributed by atoms with Crippen LogP contribution in [-0.4, -0.2) is 44.3 Å². The second-order valence-electron chi connectivity index (χ2n) is 9.80. The second kappa shape index (κ2) is 14.4. The summed E-state index contributed by atoms with van der Waals surface area (Å²) < 4.78 is 42.5. The van der Waals surface area contributed by atoms with Gasteiger partial charge >= 0.3 is 0 Å². The summed E-state index contributed by atoms with van der Waals surface area (Å²) >= 11 is 0. The molecule has 2 amide bonds. The smallest absolute Gasteiger partial charge is 0.264 e. The molecule has 4 rings (SSSR count). The van der Waals surface area contributed by atoms with Crippen molar-refractivity contribution in [3.8, 4) is 0 Å². The summed E-state index contributed by atoms with van der Waals surface area (Å²) in [5.41, 5.74) is 1.75. The number of hydrogen-bond acceptors (Lipinski definition) is 4. The van der Waals surface area contributed by atoms with E-state index in [-0.39, 0.29) is 23.8 Å². The molecule has 0 radical (unpaired) electrons. The summed E-state index contributed by atoms with van der Waals surface area (Å²) in [6.07, 6.45) is 0.910. The fourth-order valence-electron chi connectivity index (χ4n) is 4.55. The molecule has 0 aliphatic carbocycles. The van der Waals surface area contributed by atoms with Crippen LogP contribution in [0.5, 0.6) is 0 Å². The number of amides is 2. The Hall–Kier alpha value is -4.50. The van der Waals surface area contributed by atoms with Crippen LogP contribution in [0.4, 0.5) is 10.1 Å². The van der Waals surface area contributed by atoms with Crippen LogP contribution < -0.4 is 9.62 Å². The van der Waals surface area contributed by atoms with Gasteiger partial charge in [-0.05, 0) is 53.9 Å². The summed E-state index contributed by atoms with van der Waals surface area (Å²) in [6.45, 7) is 1.78. The van der Waals surface area contributed by atoms with Gasteiger partial charge in [-0.15, -0.1) is 0 Å². The molecule has 0 aliphatic heterocycles. The number of anilines is 1. The molecular weight excluding hydrogens is 553 g/mol. The van der Waals surface area contributed by atoms with Crippen LogP contribution in [0, 0.1) is 5.82 Å². The zero-order valence-corrected chi connectivity index (χ0v) is 24.2. The highest BCUT2D eigenvalue weighted by Crippen LogP contribution is 2.25. The Morgan fingerprint density at radius 1 is 0.786 bits per heavy atom. The molecule has 0 spiro atoms. The van der Waals surface area contributed by atoms with Crippen molar-refractivity contribution in [2.24, 2.45) is 0 Å². The first-order chi connectivity index (χ1) is 20.3. The largest absolute Gasteiger partial charge is 0.354 e. The first-order valence-corrected chi connectivity index (χ1v) is 15.2. The molecule has 42 heavy (non-hydrogen) atoms. The fourth-order valence-corrected chi connectivity index (χ4v) is 5.98. The van der Waals surface area contributed by atoms with Gasteiger partial charge in [0.25, 0.3) is 10.0 Å². The van der Waals surface area contributed by atoms with Crippen molar-refractivity contribution < 1.29 is 22.4 Å². The molecule has 4 aromatic carbocycles. The minimum absolute atomic E-state index is 0.0236. The molecule has 218 valence electrons. The molecule has 0 unspecified atom stereocenters. The number of sulfonamides is 1. The highest BCUT2D eigenvalue weighted by molar-refractivity contribution is 7.92. The van der Waals surface area contributed by atoms with E-state index in [2.05, 4.69) is 5.32 Å². The Balaban J connectivity index is 1.76. The summed E-state index contributed by atoms with van der Waals surface area (Å²) in [5, 5.41) is 2.90. The van der Waals surface area contributed by atoms with Gasteiger partial charge in [-0.2, -0.15) is 0 Å². The Morgan fingerprint density at radius 2 is 1.36 bits per heavy atom. The van der Waals surface area contributed by atoms with Crippen molar-refractivity contribution in [3.63, 3.8) is 0 Å². The van der Waals surface area contributed by atoms with Crippen LogP contribution in [0.3, 0.4) is 0 Å². The summed E-state index contributed by atoms with van der Waals surface area (Å²) in [6, 6.07) is 30.3. The number of carbonyl (C=O) groups excluding carboxylic acids is 2. The minimum Gasteiger partial charge on any atom is -0.354 e. The molecular formula is C33H34FN3O4S. The van der Waals surface area contributed by atoms with Crippen LogP contribution in [-0.2, 0) is 32.6 Å². The predicted octanol–water partition coefficient (Wildman–Crippen LogP) is 5.19. The zero-order chi connectivity index (χ0) is 30.0. The van der Waals surface area contributed by atoms with Crippen LogP contribution >= 0.6 is 0 Å². The normalized spacial score (nSPS) is 11.9. The van der Waals surface area contributed by atoms with Crippen LogP contribution in [0.25, 0.3) is 0 Å². The molecule has 1 atom stereocenters. The van der Waals surface area contributed by atoms with Gasteiger partial charge in [0.15, 0.2) is 0 Å². The minimum atomic E-state index is -4.14. The number of carbonyl (C=O) groups is 2. The SMILES string of the molecule is CCCNC(=O)[C@@H](Cc1ccccc1)N(Cc1ccc(F)cc1)C(=O)CN(c1ccccc1)S(=O)(=O)c1ccccc1. The first kappa shape index (κ1) is 30.5. The number of nitrogens with one attached hydrogen (secondary N) is 1. The Bertz CT molecular complexity index is 1550. The lowest BCUT2D eigenvalue weighted by atomic mass is 10.0. The molecule has 0 saturated heterocycles. The van der Waals surface area contributed by atoms with Crippen molar-refractivity contribution in [2.45, 2.75) is 37.2 Å². The van der Waals surface area contributed by atoms with Crippen molar-refractivity contribution in [3.05, 3.63) is 132 Å². The second-order valence-corrected chi connectivity index (χ2v) is 11.7. The maximum absolute atomic E-state index is 14.3. The first-order valence-electron chi connectivity index (χ1n) is 13.8. The molecule has 4 aromatic rings. The van der Waals surface area contributed by atoms with Gasteiger partial charge in [0.2, 0.25) is 11.8 Å². The van der Waals surface area contributed by atoms with Crippen LogP contribution in [0.1, 0.15) is 24.5 Å². The number of para-hydroxylation sites is 1. The van der Waals surface area contributed by atoms with E-state index in [1.54, 1.807) is 60.7 Å². The van der Waals surface area contributed by atoms with Gasteiger partial charge in [0.1, 0.15) is 18.4 Å². The highest BCUT2D eigenvalue weighted by Gasteiger charge is 2.34. The average molecular weight is 588 g/mol. The lowest BCUT2D eigenvalue weighted by Crippen LogP contribution is -2.53. The van der Waals surface area contributed by atoms with E-state index in [1.165, 1.54) is 29.2 Å². The van der Waals surface area contributed by atoms with E-state index in [9.17, 15) is 22.4 Å². The third kappa shape index (κ3) is 7.82. The van der Waals surface area contributed by atoms with E-state index in [1.807, 2.05) is 37.3 Å². The van der Waals surface area contributed by atoms with Gasteiger partial charge < -0.3 is 10.2 Å². The molecule has 1 N–H and O–H groups in total. The number of nitrogens with zero attached hydrogens (tertiary/aromatic N) is 2. The van der Waals surface area contributed by atoms with E-state index in [4.69, 9.17) is 0 Å². The van der Waals surface area contributed by atoms with Crippen molar-refractivity contribution in [1.29, 1.82) is 0 Å². The summed E-state index contributed by atoms with van der Waals surface area (Å²) in [4.78, 5) is 29.3. The average Bonchev–Trinajstić information content (AvgIpc) is 3.02. The third-order valence-corrected chi connectivity index (χ3v) is 8.53. The molecule has 0 bridgehead atoms.